The van der Waals surface area contributed by atoms with Crippen LogP contribution >= 0.6 is 15.9 Å². The minimum atomic E-state index is -0.830. The summed E-state index contributed by atoms with van der Waals surface area (Å²) in [6.07, 6.45) is 0.515. The van der Waals surface area contributed by atoms with E-state index in [-0.39, 0.29) is 17.9 Å². The predicted molar refractivity (Wildman–Crippen MR) is 79.3 cm³/mol. The Hall–Kier alpha value is -1.56. The number of hydrogen-bond acceptors (Lipinski definition) is 3. The molecule has 2 heterocycles. The van der Waals surface area contributed by atoms with Gasteiger partial charge in [-0.1, -0.05) is 15.9 Å². The first kappa shape index (κ1) is 14.4. The lowest BCUT2D eigenvalue weighted by Gasteiger charge is -2.25. The Morgan fingerprint density at radius 3 is 2.86 bits per heavy atom. The summed E-state index contributed by atoms with van der Waals surface area (Å²) in [6, 6.07) is 5.36. The largest absolute Gasteiger partial charge is 0.492 e. The van der Waals surface area contributed by atoms with Gasteiger partial charge in [0.1, 0.15) is 18.3 Å². The summed E-state index contributed by atoms with van der Waals surface area (Å²) >= 11 is 3.41. The maximum absolute atomic E-state index is 12.7. The topological polar surface area (TPSA) is 66.8 Å². The Bertz CT molecular complexity index is 603. The third kappa shape index (κ3) is 2.41. The van der Waals surface area contributed by atoms with Crippen molar-refractivity contribution in [2.45, 2.75) is 25.3 Å². The molecule has 0 bridgehead atoms. The van der Waals surface area contributed by atoms with E-state index in [4.69, 9.17) is 4.74 Å². The number of rotatable bonds is 2. The molecule has 0 spiro atoms. The summed E-state index contributed by atoms with van der Waals surface area (Å²) in [7, 11) is 0. The first-order valence-corrected chi connectivity index (χ1v) is 7.74. The van der Waals surface area contributed by atoms with Gasteiger partial charge in [-0.2, -0.15) is 0 Å². The molecule has 21 heavy (non-hydrogen) atoms. The van der Waals surface area contributed by atoms with Gasteiger partial charge < -0.3 is 14.7 Å². The van der Waals surface area contributed by atoms with Crippen molar-refractivity contribution in [2.75, 3.05) is 13.2 Å². The number of ether oxygens (including phenoxy) is 1. The van der Waals surface area contributed by atoms with Crippen LogP contribution in [0.2, 0.25) is 0 Å². The molecular formula is C15H16BrNO4. The van der Waals surface area contributed by atoms with Gasteiger partial charge in [0, 0.05) is 22.6 Å². The lowest BCUT2D eigenvalue weighted by atomic mass is 9.98. The van der Waals surface area contributed by atoms with Crippen molar-refractivity contribution in [1.82, 2.24) is 4.90 Å². The number of benzene rings is 1. The van der Waals surface area contributed by atoms with E-state index in [0.717, 1.165) is 15.8 Å². The molecule has 0 saturated carbocycles. The van der Waals surface area contributed by atoms with Gasteiger partial charge in [0.25, 0.3) is 0 Å². The molecule has 1 N–H and O–H groups in total. The second-order valence-corrected chi connectivity index (χ2v) is 6.47. The van der Waals surface area contributed by atoms with Crippen LogP contribution in [0.3, 0.4) is 0 Å². The zero-order valence-corrected chi connectivity index (χ0v) is 13.2. The second kappa shape index (κ2) is 5.33. The van der Waals surface area contributed by atoms with Crippen LogP contribution in [-0.4, -0.2) is 41.1 Å². The quantitative estimate of drug-likeness (QED) is 0.885. The highest BCUT2D eigenvalue weighted by Gasteiger charge is 2.42. The van der Waals surface area contributed by atoms with Gasteiger partial charge in [-0.3, -0.25) is 9.59 Å². The first-order valence-electron chi connectivity index (χ1n) is 6.94. The minimum absolute atomic E-state index is 0.0388. The number of nitrogens with zero attached hydrogens (tertiary/aromatic N) is 1. The summed E-state index contributed by atoms with van der Waals surface area (Å²) < 4.78 is 6.48. The smallest absolute Gasteiger partial charge is 0.308 e. The summed E-state index contributed by atoms with van der Waals surface area (Å²) in [5.74, 6) is -0.948. The van der Waals surface area contributed by atoms with Crippen LogP contribution in [0.15, 0.2) is 22.7 Å². The van der Waals surface area contributed by atoms with Crippen LogP contribution in [0.4, 0.5) is 0 Å². The maximum Gasteiger partial charge on any atom is 0.308 e. The number of carbonyl (C=O) groups excluding carboxylic acids is 1. The highest BCUT2D eigenvalue weighted by Crippen LogP contribution is 2.38. The number of hydrogen-bond donors (Lipinski definition) is 1. The summed E-state index contributed by atoms with van der Waals surface area (Å²) in [5.41, 5.74) is 0.875. The number of halogens is 1. The fourth-order valence-electron chi connectivity index (χ4n) is 3.17. The van der Waals surface area contributed by atoms with Crippen molar-refractivity contribution in [2.24, 2.45) is 5.92 Å². The van der Waals surface area contributed by atoms with Gasteiger partial charge in [-0.15, -0.1) is 0 Å². The normalized spacial score (nSPS) is 27.3. The van der Waals surface area contributed by atoms with Crippen LogP contribution in [0, 0.1) is 5.92 Å². The maximum atomic E-state index is 12.7. The molecular weight excluding hydrogens is 338 g/mol. The number of carboxylic acid groups (broad SMARTS) is 1. The first-order chi connectivity index (χ1) is 9.99. The van der Waals surface area contributed by atoms with Crippen LogP contribution in [0.25, 0.3) is 0 Å². The Morgan fingerprint density at radius 2 is 2.19 bits per heavy atom. The summed E-state index contributed by atoms with van der Waals surface area (Å²) in [6.45, 7) is 2.63. The Labute approximate surface area is 131 Å². The zero-order chi connectivity index (χ0) is 15.1. The third-order valence-corrected chi connectivity index (χ3v) is 4.90. The molecule has 3 rings (SSSR count). The average Bonchev–Trinajstić information content (AvgIpc) is 3.01. The molecule has 5 nitrogen and oxygen atoms in total. The van der Waals surface area contributed by atoms with E-state index in [1.54, 1.807) is 11.8 Å². The van der Waals surface area contributed by atoms with E-state index in [0.29, 0.717) is 19.6 Å². The van der Waals surface area contributed by atoms with Crippen molar-refractivity contribution in [3.05, 3.63) is 28.2 Å². The summed E-state index contributed by atoms with van der Waals surface area (Å²) in [4.78, 5) is 25.6. The van der Waals surface area contributed by atoms with E-state index in [1.165, 1.54) is 0 Å². The Kier molecular flexibility index (Phi) is 3.65. The van der Waals surface area contributed by atoms with Crippen LogP contribution in [0.1, 0.15) is 24.8 Å². The number of amides is 1. The van der Waals surface area contributed by atoms with Crippen molar-refractivity contribution in [3.63, 3.8) is 0 Å². The van der Waals surface area contributed by atoms with E-state index in [2.05, 4.69) is 15.9 Å². The number of carbonyl (C=O) groups is 2. The predicted octanol–water partition coefficient (Wildman–Crippen LogP) is 2.25. The van der Waals surface area contributed by atoms with Crippen LogP contribution in [-0.2, 0) is 9.59 Å². The van der Waals surface area contributed by atoms with Crippen LogP contribution < -0.4 is 4.74 Å². The second-order valence-electron chi connectivity index (χ2n) is 5.55. The molecule has 6 heteroatoms. The van der Waals surface area contributed by atoms with Crippen molar-refractivity contribution in [3.8, 4) is 5.75 Å². The SMILES string of the molecule is CC1C(C(=O)O)CCN1C(=O)C1COc2ccc(Br)cc21. The molecule has 1 amide bonds. The number of likely N-dealkylation sites (tertiary alicyclic amines) is 1. The molecule has 3 atom stereocenters. The third-order valence-electron chi connectivity index (χ3n) is 4.41. The minimum Gasteiger partial charge on any atom is -0.492 e. The lowest BCUT2D eigenvalue weighted by molar-refractivity contribution is -0.143. The van der Waals surface area contributed by atoms with E-state index < -0.39 is 11.9 Å². The van der Waals surface area contributed by atoms with Gasteiger partial charge in [0.05, 0.1) is 5.92 Å². The summed E-state index contributed by atoms with van der Waals surface area (Å²) in [5, 5.41) is 9.17. The molecule has 1 aromatic rings. The number of fused-ring (bicyclic) bond motifs is 1. The molecule has 3 unspecified atom stereocenters. The Morgan fingerprint density at radius 1 is 1.43 bits per heavy atom. The van der Waals surface area contributed by atoms with Gasteiger partial charge in [0.2, 0.25) is 5.91 Å². The molecule has 0 aliphatic carbocycles. The molecule has 0 aromatic heterocycles. The fraction of sp³-hybridized carbons (Fsp3) is 0.467. The molecule has 112 valence electrons. The molecule has 1 saturated heterocycles. The number of carboxylic acids is 1. The van der Waals surface area contributed by atoms with E-state index >= 15 is 0 Å². The van der Waals surface area contributed by atoms with Crippen molar-refractivity contribution < 1.29 is 19.4 Å². The lowest BCUT2D eigenvalue weighted by Crippen LogP contribution is -2.40. The van der Waals surface area contributed by atoms with Gasteiger partial charge in [0.15, 0.2) is 0 Å². The average molecular weight is 354 g/mol. The van der Waals surface area contributed by atoms with Gasteiger partial charge in [-0.25, -0.2) is 0 Å². The van der Waals surface area contributed by atoms with E-state index in [9.17, 15) is 14.7 Å². The monoisotopic (exact) mass is 353 g/mol. The molecule has 2 aliphatic rings. The number of aliphatic carboxylic acids is 1. The zero-order valence-electron chi connectivity index (χ0n) is 11.6. The highest BCUT2D eigenvalue weighted by atomic mass is 79.9. The Balaban J connectivity index is 1.82. The molecule has 1 fully saturated rings. The molecule has 2 aliphatic heterocycles. The van der Waals surface area contributed by atoms with Gasteiger partial charge in [-0.05, 0) is 31.5 Å². The molecule has 1 aromatic carbocycles. The molecule has 0 radical (unpaired) electrons. The highest BCUT2D eigenvalue weighted by molar-refractivity contribution is 9.10. The fourth-order valence-corrected chi connectivity index (χ4v) is 3.55. The van der Waals surface area contributed by atoms with Gasteiger partial charge >= 0.3 is 5.97 Å². The van der Waals surface area contributed by atoms with E-state index in [1.807, 2.05) is 18.2 Å². The van der Waals surface area contributed by atoms with Crippen LogP contribution in [0.5, 0.6) is 5.75 Å². The van der Waals surface area contributed by atoms with Crippen molar-refractivity contribution >= 4 is 27.8 Å². The standard InChI is InChI=1S/C15H16BrNO4/c1-8-10(15(19)20)4-5-17(8)14(18)12-7-21-13-3-2-9(16)6-11(12)13/h2-3,6,8,10,12H,4-5,7H2,1H3,(H,19,20). The van der Waals surface area contributed by atoms with Crippen molar-refractivity contribution in [1.29, 1.82) is 0 Å².